The molecule has 0 heterocycles. The van der Waals surface area contributed by atoms with E-state index in [0.29, 0.717) is 12.6 Å². The van der Waals surface area contributed by atoms with Crippen LogP contribution >= 0.6 is 0 Å². The summed E-state index contributed by atoms with van der Waals surface area (Å²) in [6.07, 6.45) is 1.02. The Kier molecular flexibility index (Phi) is 5.54. The van der Waals surface area contributed by atoms with E-state index < -0.39 is 0 Å². The molecule has 2 aromatic rings. The third-order valence-electron chi connectivity index (χ3n) is 3.74. The van der Waals surface area contributed by atoms with Crippen molar-refractivity contribution in [1.82, 2.24) is 5.48 Å². The van der Waals surface area contributed by atoms with Crippen LogP contribution in [0.15, 0.2) is 60.7 Å². The topological polar surface area (TPSA) is 21.3 Å². The van der Waals surface area contributed by atoms with Crippen molar-refractivity contribution >= 4 is 0 Å². The van der Waals surface area contributed by atoms with Gasteiger partial charge in [0.2, 0.25) is 0 Å². The quantitative estimate of drug-likeness (QED) is 0.757. The second-order valence-corrected chi connectivity index (χ2v) is 6.25. The Bertz CT molecular complexity index is 522. The van der Waals surface area contributed by atoms with Gasteiger partial charge in [0.15, 0.2) is 0 Å². The van der Waals surface area contributed by atoms with Crippen LogP contribution in [0, 0.1) is 0 Å². The van der Waals surface area contributed by atoms with Crippen LogP contribution in [0.2, 0.25) is 0 Å². The van der Waals surface area contributed by atoms with Gasteiger partial charge in [-0.25, -0.2) is 0 Å². The van der Waals surface area contributed by atoms with E-state index in [1.807, 2.05) is 18.2 Å². The molecule has 21 heavy (non-hydrogen) atoms. The maximum Gasteiger partial charge on any atom is 0.0933 e. The predicted octanol–water partition coefficient (Wildman–Crippen LogP) is 4.46. The molecule has 0 amide bonds. The van der Waals surface area contributed by atoms with E-state index in [4.69, 9.17) is 4.84 Å². The SMILES string of the molecule is CC(CC(C)(C)c1ccccc1)NOCc1ccccc1. The minimum absolute atomic E-state index is 0.129. The van der Waals surface area contributed by atoms with Crippen molar-refractivity contribution in [2.75, 3.05) is 0 Å². The minimum atomic E-state index is 0.129. The number of nitrogens with one attached hydrogen (secondary N) is 1. The second kappa shape index (κ2) is 7.39. The molecule has 0 saturated heterocycles. The van der Waals surface area contributed by atoms with Crippen LogP contribution in [0.5, 0.6) is 0 Å². The summed E-state index contributed by atoms with van der Waals surface area (Å²) in [6.45, 7) is 7.31. The largest absolute Gasteiger partial charge is 0.297 e. The fourth-order valence-electron chi connectivity index (χ4n) is 2.66. The summed E-state index contributed by atoms with van der Waals surface area (Å²) in [5.74, 6) is 0. The van der Waals surface area contributed by atoms with Crippen molar-refractivity contribution in [1.29, 1.82) is 0 Å². The third-order valence-corrected chi connectivity index (χ3v) is 3.74. The van der Waals surface area contributed by atoms with Crippen LogP contribution < -0.4 is 5.48 Å². The summed E-state index contributed by atoms with van der Waals surface area (Å²) in [7, 11) is 0. The average Bonchev–Trinajstić information content (AvgIpc) is 2.49. The third kappa shape index (κ3) is 5.00. The molecule has 2 aromatic carbocycles. The van der Waals surface area contributed by atoms with Crippen LogP contribution in [0.25, 0.3) is 0 Å². The van der Waals surface area contributed by atoms with E-state index in [0.717, 1.165) is 6.42 Å². The number of hydroxylamine groups is 1. The monoisotopic (exact) mass is 283 g/mol. The minimum Gasteiger partial charge on any atom is -0.297 e. The van der Waals surface area contributed by atoms with Crippen molar-refractivity contribution < 1.29 is 4.84 Å². The molecular formula is C19H25NO. The van der Waals surface area contributed by atoms with Gasteiger partial charge in [-0.1, -0.05) is 74.5 Å². The Morgan fingerprint density at radius 1 is 0.952 bits per heavy atom. The van der Waals surface area contributed by atoms with Gasteiger partial charge in [-0.3, -0.25) is 4.84 Å². The Morgan fingerprint density at radius 2 is 1.52 bits per heavy atom. The molecule has 0 aliphatic rings. The molecule has 0 fully saturated rings. The first kappa shape index (κ1) is 15.7. The zero-order valence-electron chi connectivity index (χ0n) is 13.2. The van der Waals surface area contributed by atoms with Gasteiger partial charge in [-0.15, -0.1) is 0 Å². The van der Waals surface area contributed by atoms with Gasteiger partial charge in [0.25, 0.3) is 0 Å². The molecule has 0 aliphatic heterocycles. The first-order valence-electron chi connectivity index (χ1n) is 7.55. The smallest absolute Gasteiger partial charge is 0.0933 e. The fraction of sp³-hybridized carbons (Fsp3) is 0.368. The summed E-state index contributed by atoms with van der Waals surface area (Å²) in [4.78, 5) is 5.61. The summed E-state index contributed by atoms with van der Waals surface area (Å²) in [5, 5.41) is 0. The van der Waals surface area contributed by atoms with Crippen LogP contribution in [0.1, 0.15) is 38.3 Å². The van der Waals surface area contributed by atoms with Crippen molar-refractivity contribution in [3.63, 3.8) is 0 Å². The van der Waals surface area contributed by atoms with Crippen LogP contribution in [-0.2, 0) is 16.9 Å². The maximum absolute atomic E-state index is 5.61. The molecule has 0 aromatic heterocycles. The first-order chi connectivity index (χ1) is 10.1. The molecule has 1 atom stereocenters. The zero-order chi connectivity index (χ0) is 15.1. The van der Waals surface area contributed by atoms with Crippen molar-refractivity contribution in [3.8, 4) is 0 Å². The van der Waals surface area contributed by atoms with Crippen molar-refractivity contribution in [3.05, 3.63) is 71.8 Å². The van der Waals surface area contributed by atoms with E-state index in [9.17, 15) is 0 Å². The van der Waals surface area contributed by atoms with E-state index in [-0.39, 0.29) is 5.41 Å². The molecule has 2 rings (SSSR count). The second-order valence-electron chi connectivity index (χ2n) is 6.25. The maximum atomic E-state index is 5.61. The highest BCUT2D eigenvalue weighted by atomic mass is 16.6. The lowest BCUT2D eigenvalue weighted by Crippen LogP contribution is -2.33. The van der Waals surface area contributed by atoms with Gasteiger partial charge in [0.05, 0.1) is 6.61 Å². The molecule has 112 valence electrons. The first-order valence-corrected chi connectivity index (χ1v) is 7.55. The predicted molar refractivity (Wildman–Crippen MR) is 87.9 cm³/mol. The molecule has 2 nitrogen and oxygen atoms in total. The van der Waals surface area contributed by atoms with Crippen LogP contribution in [-0.4, -0.2) is 6.04 Å². The highest BCUT2D eigenvalue weighted by Gasteiger charge is 2.23. The van der Waals surface area contributed by atoms with Gasteiger partial charge in [-0.2, -0.15) is 5.48 Å². The fourth-order valence-corrected chi connectivity index (χ4v) is 2.66. The Labute approximate surface area is 128 Å². The number of hydrogen-bond donors (Lipinski definition) is 1. The molecule has 0 aliphatic carbocycles. The number of benzene rings is 2. The highest BCUT2D eigenvalue weighted by Crippen LogP contribution is 2.28. The van der Waals surface area contributed by atoms with Crippen LogP contribution in [0.3, 0.4) is 0 Å². The van der Waals surface area contributed by atoms with Gasteiger partial charge in [0.1, 0.15) is 0 Å². The number of hydrogen-bond acceptors (Lipinski definition) is 2. The highest BCUT2D eigenvalue weighted by molar-refractivity contribution is 5.23. The lowest BCUT2D eigenvalue weighted by Gasteiger charge is -2.29. The molecular weight excluding hydrogens is 258 g/mol. The Morgan fingerprint density at radius 3 is 2.14 bits per heavy atom. The lowest BCUT2D eigenvalue weighted by molar-refractivity contribution is 0.00189. The van der Waals surface area contributed by atoms with Gasteiger partial charge >= 0.3 is 0 Å². The van der Waals surface area contributed by atoms with E-state index in [1.165, 1.54) is 11.1 Å². The molecule has 2 heteroatoms. The molecule has 1 unspecified atom stereocenters. The van der Waals surface area contributed by atoms with E-state index >= 15 is 0 Å². The van der Waals surface area contributed by atoms with E-state index in [1.54, 1.807) is 0 Å². The molecule has 0 spiro atoms. The summed E-state index contributed by atoms with van der Waals surface area (Å²) < 4.78 is 0. The van der Waals surface area contributed by atoms with Crippen molar-refractivity contribution in [2.45, 2.75) is 45.3 Å². The molecule has 0 saturated carbocycles. The van der Waals surface area contributed by atoms with Gasteiger partial charge < -0.3 is 0 Å². The summed E-state index contributed by atoms with van der Waals surface area (Å²) >= 11 is 0. The summed E-state index contributed by atoms with van der Waals surface area (Å²) in [5.41, 5.74) is 5.83. The van der Waals surface area contributed by atoms with Crippen LogP contribution in [0.4, 0.5) is 0 Å². The van der Waals surface area contributed by atoms with Gasteiger partial charge in [0, 0.05) is 6.04 Å². The average molecular weight is 283 g/mol. The lowest BCUT2D eigenvalue weighted by atomic mass is 9.79. The standard InChI is InChI=1S/C19H25NO/c1-16(20-21-15-17-10-6-4-7-11-17)14-19(2,3)18-12-8-5-9-13-18/h4-13,16,20H,14-15H2,1-3H3. The number of rotatable bonds is 7. The van der Waals surface area contributed by atoms with Gasteiger partial charge in [-0.05, 0) is 29.9 Å². The zero-order valence-corrected chi connectivity index (χ0v) is 13.2. The van der Waals surface area contributed by atoms with Crippen molar-refractivity contribution in [2.24, 2.45) is 0 Å². The molecule has 0 bridgehead atoms. The van der Waals surface area contributed by atoms with E-state index in [2.05, 4.69) is 68.7 Å². The Balaban J connectivity index is 1.80. The molecule has 0 radical (unpaired) electrons. The Hall–Kier alpha value is -1.64. The summed E-state index contributed by atoms with van der Waals surface area (Å²) in [6, 6.07) is 21.1. The normalized spacial score (nSPS) is 13.1. The molecule has 1 N–H and O–H groups in total.